The zero-order valence-corrected chi connectivity index (χ0v) is 36.9. The van der Waals surface area contributed by atoms with E-state index in [1.54, 1.807) is 0 Å². The minimum Gasteiger partial charge on any atom is -0.311 e. The second kappa shape index (κ2) is 15.5. The number of anilines is 3. The summed E-state index contributed by atoms with van der Waals surface area (Å²) in [6.07, 6.45) is 0. The molecule has 0 radical (unpaired) electrons. The summed E-state index contributed by atoms with van der Waals surface area (Å²) in [6, 6.07) is 88.7. The van der Waals surface area contributed by atoms with Crippen LogP contribution in [0.1, 0.15) is 23.6 Å². The van der Waals surface area contributed by atoms with E-state index in [0.29, 0.717) is 0 Å². The van der Waals surface area contributed by atoms with Gasteiger partial charge in [0.15, 0.2) is 7.14 Å². The lowest BCUT2D eigenvalue weighted by atomic mass is 9.73. The molecule has 1 aliphatic heterocycles. The lowest BCUT2D eigenvalue weighted by molar-refractivity contribution is 0.593. The average molecular weight is 850 g/mol. The highest BCUT2D eigenvalue weighted by Gasteiger charge is 2.44. The Morgan fingerprint density at radius 2 is 0.769 bits per heavy atom. The van der Waals surface area contributed by atoms with Gasteiger partial charge in [-0.3, -0.25) is 0 Å². The second-order valence-electron chi connectivity index (χ2n) is 17.3. The molecule has 3 heteroatoms. The van der Waals surface area contributed by atoms with Crippen molar-refractivity contribution < 1.29 is 4.57 Å². The van der Waals surface area contributed by atoms with E-state index >= 15 is 4.57 Å². The van der Waals surface area contributed by atoms with Gasteiger partial charge in [-0.05, 0) is 134 Å². The van der Waals surface area contributed by atoms with Crippen LogP contribution in [-0.2, 0) is 9.98 Å². The first-order valence-electron chi connectivity index (χ1n) is 22.4. The second-order valence-corrected chi connectivity index (χ2v) is 20.0. The Morgan fingerprint density at radius 1 is 0.338 bits per heavy atom. The van der Waals surface area contributed by atoms with E-state index in [1.807, 2.05) is 36.4 Å². The summed E-state index contributed by atoms with van der Waals surface area (Å²) in [5.74, 6) is 0. The minimum atomic E-state index is -3.04. The molecule has 10 aromatic rings. The first-order chi connectivity index (χ1) is 32.0. The summed E-state index contributed by atoms with van der Waals surface area (Å²) in [7, 11) is -3.04. The van der Waals surface area contributed by atoms with E-state index in [4.69, 9.17) is 0 Å². The van der Waals surface area contributed by atoms with Crippen LogP contribution < -0.4 is 20.8 Å². The van der Waals surface area contributed by atoms with E-state index < -0.39 is 12.6 Å². The molecule has 2 aliphatic rings. The third kappa shape index (κ3) is 6.28. The molecular weight excluding hydrogens is 806 g/mol. The van der Waals surface area contributed by atoms with Crippen molar-refractivity contribution in [1.29, 1.82) is 0 Å². The van der Waals surface area contributed by atoms with Gasteiger partial charge in [0.2, 0.25) is 0 Å². The van der Waals surface area contributed by atoms with Gasteiger partial charge in [-0.1, -0.05) is 194 Å². The number of nitrogens with zero attached hydrogens (tertiary/aromatic N) is 1. The lowest BCUT2D eigenvalue weighted by Gasteiger charge is -2.29. The van der Waals surface area contributed by atoms with Crippen LogP contribution in [0.4, 0.5) is 17.1 Å². The average Bonchev–Trinajstić information content (AvgIpc) is 3.80. The fourth-order valence-corrected chi connectivity index (χ4v) is 13.5. The van der Waals surface area contributed by atoms with Gasteiger partial charge in [0.25, 0.3) is 0 Å². The van der Waals surface area contributed by atoms with Gasteiger partial charge in [0.1, 0.15) is 0 Å². The SMILES string of the molecule is CC1(c2ccc3c(c2)-c2ccccc2P3(=O)c2ccccc2)c2ccccc2-c2ccc(-c3ccc(N(c4ccc(-c5ccccc5)cc4)c4ccc(-c5ccccc5)cc4)cc3)cc21. The number of hydrogen-bond donors (Lipinski definition) is 0. The molecule has 0 N–H and O–H groups in total. The maximum Gasteiger partial charge on any atom is 0.172 e. The number of benzene rings is 10. The molecule has 1 aliphatic carbocycles. The fraction of sp³-hybridized carbons (Fsp3) is 0.0323. The van der Waals surface area contributed by atoms with Gasteiger partial charge in [0.05, 0.1) is 0 Å². The quantitative estimate of drug-likeness (QED) is 0.142. The molecule has 2 atom stereocenters. The molecule has 2 unspecified atom stereocenters. The molecule has 10 aromatic carbocycles. The molecule has 12 rings (SSSR count). The first kappa shape index (κ1) is 38.9. The van der Waals surface area contributed by atoms with Gasteiger partial charge in [-0.15, -0.1) is 0 Å². The Bertz CT molecular complexity index is 3350. The molecule has 2 nitrogen and oxygen atoms in total. The van der Waals surface area contributed by atoms with Crippen LogP contribution in [0.15, 0.2) is 249 Å². The van der Waals surface area contributed by atoms with Crippen molar-refractivity contribution in [2.24, 2.45) is 0 Å². The van der Waals surface area contributed by atoms with Crippen LogP contribution in [0.5, 0.6) is 0 Å². The Kier molecular flexibility index (Phi) is 9.26. The van der Waals surface area contributed by atoms with E-state index in [1.165, 1.54) is 55.6 Å². The fourth-order valence-electron chi connectivity index (χ4n) is 10.5. The maximum atomic E-state index is 15.3. The van der Waals surface area contributed by atoms with Crippen LogP contribution in [0.3, 0.4) is 0 Å². The summed E-state index contributed by atoms with van der Waals surface area (Å²) in [5.41, 5.74) is 18.3. The Balaban J connectivity index is 0.933. The predicted molar refractivity (Wildman–Crippen MR) is 273 cm³/mol. The predicted octanol–water partition coefficient (Wildman–Crippen LogP) is 15.1. The van der Waals surface area contributed by atoms with E-state index in [2.05, 4.69) is 224 Å². The van der Waals surface area contributed by atoms with Crippen LogP contribution in [-0.4, -0.2) is 0 Å². The zero-order valence-electron chi connectivity index (χ0n) is 36.0. The highest BCUT2D eigenvalue weighted by Crippen LogP contribution is 2.56. The topological polar surface area (TPSA) is 20.3 Å². The summed E-state index contributed by atoms with van der Waals surface area (Å²) < 4.78 is 15.3. The van der Waals surface area contributed by atoms with E-state index in [0.717, 1.165) is 49.7 Å². The molecule has 0 fully saturated rings. The standard InChI is InChI=1S/C62H44NOP/c1-62(49-32-40-61-57(42-49)56-22-12-14-24-60(56)65(61,64)53-19-9-4-10-20-53)58-23-13-11-21-54(58)55-39-31-48(41-59(55)62)47-29-37-52(38-30-47)63(50-33-25-45(26-34-50)43-15-5-2-6-16-43)51-35-27-46(28-36-51)44-17-7-3-8-18-44/h2-42H,1H3. The van der Waals surface area contributed by atoms with Crippen molar-refractivity contribution in [2.45, 2.75) is 12.3 Å². The van der Waals surface area contributed by atoms with E-state index in [9.17, 15) is 0 Å². The van der Waals surface area contributed by atoms with Crippen LogP contribution in [0.2, 0.25) is 0 Å². The van der Waals surface area contributed by atoms with Crippen molar-refractivity contribution >= 4 is 40.1 Å². The smallest absolute Gasteiger partial charge is 0.172 e. The molecule has 308 valence electrons. The molecule has 65 heavy (non-hydrogen) atoms. The molecule has 0 aromatic heterocycles. The van der Waals surface area contributed by atoms with Crippen LogP contribution in [0, 0.1) is 0 Å². The van der Waals surface area contributed by atoms with Gasteiger partial charge in [0, 0.05) is 38.4 Å². The molecule has 0 amide bonds. The van der Waals surface area contributed by atoms with Crippen molar-refractivity contribution in [3.63, 3.8) is 0 Å². The normalized spacial score (nSPS) is 16.6. The van der Waals surface area contributed by atoms with Crippen LogP contribution in [0.25, 0.3) is 55.6 Å². The van der Waals surface area contributed by atoms with E-state index in [-0.39, 0.29) is 0 Å². The Hall–Kier alpha value is -7.77. The third-order valence-corrected chi connectivity index (χ3v) is 17.0. The Labute approximate surface area is 381 Å². The molecule has 1 heterocycles. The third-order valence-electron chi connectivity index (χ3n) is 13.8. The van der Waals surface area contributed by atoms with Crippen molar-refractivity contribution in [3.8, 4) is 55.6 Å². The van der Waals surface area contributed by atoms with Crippen molar-refractivity contribution in [1.82, 2.24) is 0 Å². The van der Waals surface area contributed by atoms with Gasteiger partial charge in [-0.25, -0.2) is 0 Å². The molecule has 0 spiro atoms. The molecule has 0 bridgehead atoms. The van der Waals surface area contributed by atoms with Crippen molar-refractivity contribution in [2.75, 3.05) is 4.90 Å². The Morgan fingerprint density at radius 3 is 1.35 bits per heavy atom. The zero-order chi connectivity index (χ0) is 43.5. The lowest BCUT2D eigenvalue weighted by Crippen LogP contribution is -2.24. The van der Waals surface area contributed by atoms with Crippen LogP contribution >= 0.6 is 7.14 Å². The summed E-state index contributed by atoms with van der Waals surface area (Å²) >= 11 is 0. The van der Waals surface area contributed by atoms with Gasteiger partial charge < -0.3 is 9.46 Å². The van der Waals surface area contributed by atoms with Gasteiger partial charge in [-0.2, -0.15) is 0 Å². The molecule has 0 saturated carbocycles. The highest BCUT2D eigenvalue weighted by atomic mass is 31.2. The molecule has 0 saturated heterocycles. The summed E-state index contributed by atoms with van der Waals surface area (Å²) in [6.45, 7) is 2.37. The molecular formula is C62H44NOP. The number of hydrogen-bond acceptors (Lipinski definition) is 2. The maximum absolute atomic E-state index is 15.3. The minimum absolute atomic E-state index is 0.445. The highest BCUT2D eigenvalue weighted by molar-refractivity contribution is 7.86. The summed E-state index contributed by atoms with van der Waals surface area (Å²) in [5, 5.41) is 2.72. The van der Waals surface area contributed by atoms with Gasteiger partial charge >= 0.3 is 0 Å². The number of rotatable bonds is 8. The number of fused-ring (bicyclic) bond motifs is 6. The summed E-state index contributed by atoms with van der Waals surface area (Å²) in [4.78, 5) is 2.34. The largest absolute Gasteiger partial charge is 0.311 e. The van der Waals surface area contributed by atoms with Crippen molar-refractivity contribution in [3.05, 3.63) is 265 Å². The monoisotopic (exact) mass is 849 g/mol. The first-order valence-corrected chi connectivity index (χ1v) is 24.1.